The van der Waals surface area contributed by atoms with Gasteiger partial charge in [-0.1, -0.05) is 31.9 Å². The predicted octanol–water partition coefficient (Wildman–Crippen LogP) is 6.34. The van der Waals surface area contributed by atoms with Crippen molar-refractivity contribution in [3.05, 3.63) is 62.5 Å². The number of halogens is 1. The van der Waals surface area contributed by atoms with Crippen molar-refractivity contribution in [1.82, 2.24) is 9.88 Å². The highest BCUT2D eigenvalue weighted by Gasteiger charge is 2.56. The number of phenols is 1. The fourth-order valence-corrected chi connectivity index (χ4v) is 7.74. The van der Waals surface area contributed by atoms with Gasteiger partial charge in [0.05, 0.1) is 40.9 Å². The number of imide groups is 1. The minimum atomic E-state index is -0.831. The van der Waals surface area contributed by atoms with Crippen LogP contribution < -0.4 is 4.74 Å². The molecule has 0 bridgehead atoms. The number of pyridine rings is 1. The van der Waals surface area contributed by atoms with Gasteiger partial charge in [-0.15, -0.1) is 0 Å². The Morgan fingerprint density at radius 3 is 2.64 bits per heavy atom. The fourth-order valence-electron chi connectivity index (χ4n) is 7.11. The molecule has 2 fully saturated rings. The summed E-state index contributed by atoms with van der Waals surface area (Å²) in [6.07, 6.45) is 7.53. The lowest BCUT2D eigenvalue weighted by Gasteiger charge is -2.33. The molecule has 9 nitrogen and oxygen atoms in total. The van der Waals surface area contributed by atoms with Crippen LogP contribution >= 0.6 is 22.6 Å². The van der Waals surface area contributed by atoms with Crippen molar-refractivity contribution in [2.24, 2.45) is 23.7 Å². The number of unbranched alkanes of at least 4 members (excludes halogenated alkanes) is 2. The number of aliphatic carboxylic acids is 1. The number of amides is 2. The highest BCUT2D eigenvalue weighted by molar-refractivity contribution is 14.1. The van der Waals surface area contributed by atoms with Gasteiger partial charge in [0.15, 0.2) is 11.5 Å². The van der Waals surface area contributed by atoms with Crippen molar-refractivity contribution in [2.45, 2.75) is 64.9 Å². The number of likely N-dealkylation sites (tertiary alicyclic amines) is 1. The summed E-state index contributed by atoms with van der Waals surface area (Å²) in [6, 6.07) is 9.54. The Morgan fingerprint density at radius 1 is 1.16 bits per heavy atom. The van der Waals surface area contributed by atoms with E-state index in [1.165, 1.54) is 23.2 Å². The Balaban J connectivity index is 1.36. The first kappa shape index (κ1) is 33.1. The molecule has 2 aliphatic heterocycles. The van der Waals surface area contributed by atoms with Crippen LogP contribution in [0.3, 0.4) is 0 Å². The molecule has 3 heterocycles. The van der Waals surface area contributed by atoms with Gasteiger partial charge in [-0.2, -0.15) is 0 Å². The topological polar surface area (TPSA) is 126 Å². The molecule has 2 saturated heterocycles. The Hall–Kier alpha value is -3.25. The molecule has 0 saturated carbocycles. The SMILES string of the molecule is COc1cc(/C=C(/CC[C@H]2OC[C@H]3C2=C(C(C)C)C[C@H]2C(=O)N(CCCCCC(=O)O)C(=O)[C@H]23)c2ccccn2)cc(I)c1O. The summed E-state index contributed by atoms with van der Waals surface area (Å²) in [5.74, 6) is -1.18. The molecule has 0 radical (unpaired) electrons. The quantitative estimate of drug-likeness (QED) is 0.106. The van der Waals surface area contributed by atoms with E-state index < -0.39 is 11.9 Å². The summed E-state index contributed by atoms with van der Waals surface area (Å²) >= 11 is 2.09. The van der Waals surface area contributed by atoms with Crippen molar-refractivity contribution in [1.29, 1.82) is 0 Å². The molecule has 240 valence electrons. The molecule has 5 rings (SSSR count). The molecular formula is C35H41IN2O7. The number of aromatic nitrogens is 1. The zero-order valence-corrected chi connectivity index (χ0v) is 28.2. The number of fused-ring (bicyclic) bond motifs is 3. The molecule has 1 aromatic carbocycles. The van der Waals surface area contributed by atoms with Crippen molar-refractivity contribution in [2.75, 3.05) is 20.3 Å². The number of carboxylic acids is 1. The first-order valence-corrected chi connectivity index (χ1v) is 16.8. The number of benzene rings is 1. The second-order valence-corrected chi connectivity index (χ2v) is 13.6. The van der Waals surface area contributed by atoms with E-state index in [1.807, 2.05) is 30.3 Å². The molecule has 4 atom stereocenters. The van der Waals surface area contributed by atoms with Crippen LogP contribution in [0.15, 0.2) is 47.7 Å². The van der Waals surface area contributed by atoms with E-state index in [1.54, 1.807) is 6.20 Å². The molecule has 0 unspecified atom stereocenters. The van der Waals surface area contributed by atoms with Gasteiger partial charge in [-0.05, 0) is 108 Å². The molecule has 2 aromatic rings. The van der Waals surface area contributed by atoms with Gasteiger partial charge in [0, 0.05) is 25.1 Å². The van der Waals surface area contributed by atoms with E-state index in [0.29, 0.717) is 61.0 Å². The number of phenolic OH excluding ortho intramolecular Hbond substituents is 1. The van der Waals surface area contributed by atoms with Crippen LogP contribution in [0.4, 0.5) is 0 Å². The van der Waals surface area contributed by atoms with E-state index in [9.17, 15) is 19.5 Å². The number of nitrogens with zero attached hydrogens (tertiary/aromatic N) is 2. The maximum Gasteiger partial charge on any atom is 0.303 e. The van der Waals surface area contributed by atoms with Crippen molar-refractivity contribution < 1.29 is 34.1 Å². The summed E-state index contributed by atoms with van der Waals surface area (Å²) in [5.41, 5.74) is 5.19. The van der Waals surface area contributed by atoms with Crippen LogP contribution in [0.1, 0.15) is 70.1 Å². The van der Waals surface area contributed by atoms with Gasteiger partial charge in [0.1, 0.15) is 0 Å². The van der Waals surface area contributed by atoms with E-state index in [4.69, 9.17) is 14.6 Å². The maximum atomic E-state index is 13.7. The number of aromatic hydroxyl groups is 1. The summed E-state index contributed by atoms with van der Waals surface area (Å²) in [7, 11) is 1.53. The standard InChI is InChI=1S/C35H41IN2O7/c1-20(2)23-18-24-32(35(43)38(34(24)42)14-8-4-5-10-30(39)40)25-19-45-28(31(23)25)12-11-22(27-9-6-7-13-37-27)15-21-16-26(36)33(41)29(17-21)44-3/h6-7,9,13,15-17,20,24-25,28,32,41H,4-5,8,10-12,14,18-19H2,1-3H3,(H,39,40)/b22-15-/t24-,25+,28-,32-/m1/s1. The highest BCUT2D eigenvalue weighted by atomic mass is 127. The molecule has 2 amide bonds. The Kier molecular flexibility index (Phi) is 10.6. The Morgan fingerprint density at radius 2 is 1.96 bits per heavy atom. The maximum absolute atomic E-state index is 13.7. The van der Waals surface area contributed by atoms with Crippen LogP contribution in [0.25, 0.3) is 11.6 Å². The minimum Gasteiger partial charge on any atom is -0.504 e. The molecule has 2 N–H and O–H groups in total. The summed E-state index contributed by atoms with van der Waals surface area (Å²) in [6.45, 7) is 5.05. The minimum absolute atomic E-state index is 0.0942. The second-order valence-electron chi connectivity index (χ2n) is 12.4. The van der Waals surface area contributed by atoms with Crippen molar-refractivity contribution in [3.8, 4) is 11.5 Å². The lowest BCUT2D eigenvalue weighted by molar-refractivity contribution is -0.141. The molecule has 45 heavy (non-hydrogen) atoms. The average molecular weight is 729 g/mol. The van der Waals surface area contributed by atoms with E-state index >= 15 is 0 Å². The molecule has 10 heteroatoms. The van der Waals surface area contributed by atoms with Crippen LogP contribution in [0.5, 0.6) is 11.5 Å². The summed E-state index contributed by atoms with van der Waals surface area (Å²) < 4.78 is 12.5. The Labute approximate surface area is 277 Å². The second kappa shape index (κ2) is 14.5. The van der Waals surface area contributed by atoms with Crippen LogP contribution in [0, 0.1) is 27.2 Å². The molecule has 0 spiro atoms. The van der Waals surface area contributed by atoms with E-state index in [0.717, 1.165) is 16.8 Å². The normalized spacial score (nSPS) is 23.1. The third-order valence-electron chi connectivity index (χ3n) is 9.29. The summed E-state index contributed by atoms with van der Waals surface area (Å²) in [5, 5.41) is 19.2. The molecular weight excluding hydrogens is 687 g/mol. The van der Waals surface area contributed by atoms with Crippen LogP contribution in [0.2, 0.25) is 0 Å². The number of ether oxygens (including phenoxy) is 2. The van der Waals surface area contributed by atoms with E-state index in [2.05, 4.69) is 47.5 Å². The van der Waals surface area contributed by atoms with Gasteiger partial charge in [-0.25, -0.2) is 0 Å². The van der Waals surface area contributed by atoms with Gasteiger partial charge < -0.3 is 19.7 Å². The number of carbonyl (C=O) groups is 3. The van der Waals surface area contributed by atoms with E-state index in [-0.39, 0.29) is 47.8 Å². The zero-order chi connectivity index (χ0) is 32.2. The number of rotatable bonds is 13. The Bertz CT molecular complexity index is 1500. The third kappa shape index (κ3) is 7.11. The number of carbonyl (C=O) groups excluding carboxylic acids is 2. The average Bonchev–Trinajstić information content (AvgIpc) is 3.54. The number of allylic oxidation sites excluding steroid dienone is 2. The fraction of sp³-hybridized carbons (Fsp3) is 0.486. The number of carboxylic acid groups (broad SMARTS) is 1. The number of hydrogen-bond donors (Lipinski definition) is 2. The summed E-state index contributed by atoms with van der Waals surface area (Å²) in [4.78, 5) is 44.1. The first-order valence-electron chi connectivity index (χ1n) is 15.7. The van der Waals surface area contributed by atoms with Crippen LogP contribution in [-0.2, 0) is 19.1 Å². The third-order valence-corrected chi connectivity index (χ3v) is 10.1. The zero-order valence-electron chi connectivity index (χ0n) is 26.0. The first-order chi connectivity index (χ1) is 21.6. The molecule has 1 aliphatic carbocycles. The lowest BCUT2D eigenvalue weighted by Crippen LogP contribution is -2.35. The monoisotopic (exact) mass is 728 g/mol. The van der Waals surface area contributed by atoms with Gasteiger partial charge >= 0.3 is 5.97 Å². The molecule has 1 aromatic heterocycles. The van der Waals surface area contributed by atoms with Gasteiger partial charge in [0.2, 0.25) is 11.8 Å². The van der Waals surface area contributed by atoms with Crippen LogP contribution in [-0.4, -0.2) is 64.2 Å². The van der Waals surface area contributed by atoms with Crippen molar-refractivity contribution in [3.63, 3.8) is 0 Å². The van der Waals surface area contributed by atoms with Gasteiger partial charge in [0.25, 0.3) is 0 Å². The predicted molar refractivity (Wildman–Crippen MR) is 178 cm³/mol. The smallest absolute Gasteiger partial charge is 0.303 e. The lowest BCUT2D eigenvalue weighted by atomic mass is 9.67. The largest absolute Gasteiger partial charge is 0.504 e. The number of methoxy groups -OCH3 is 1. The number of hydrogen-bond acceptors (Lipinski definition) is 7. The molecule has 3 aliphatic rings. The van der Waals surface area contributed by atoms with Crippen molar-refractivity contribution >= 4 is 52.0 Å². The highest BCUT2D eigenvalue weighted by Crippen LogP contribution is 2.51. The van der Waals surface area contributed by atoms with Gasteiger partial charge in [-0.3, -0.25) is 24.3 Å².